The Bertz CT molecular complexity index is 1100. The number of aliphatic hydroxyl groups excluding tert-OH is 4. The first-order valence-electron chi connectivity index (χ1n) is 19.3. The Hall–Kier alpha value is -2.89. The van der Waals surface area contributed by atoms with Crippen molar-refractivity contribution in [2.24, 2.45) is 0 Å². The van der Waals surface area contributed by atoms with Crippen LogP contribution in [0.3, 0.4) is 0 Å². The Morgan fingerprint density at radius 3 is 1.65 bits per heavy atom. The van der Waals surface area contributed by atoms with Crippen LogP contribution in [0.25, 0.3) is 0 Å². The summed E-state index contributed by atoms with van der Waals surface area (Å²) >= 11 is 0. The van der Waals surface area contributed by atoms with Crippen LogP contribution >= 0.6 is 0 Å². The van der Waals surface area contributed by atoms with Crippen LogP contribution in [0, 0.1) is 0 Å². The zero-order chi connectivity index (χ0) is 37.9. The molecule has 0 aromatic heterocycles. The molecule has 1 aliphatic heterocycles. The summed E-state index contributed by atoms with van der Waals surface area (Å²) in [4.78, 5) is 12.6. The molecule has 0 aliphatic carbocycles. The van der Waals surface area contributed by atoms with E-state index in [1.54, 1.807) is 6.08 Å². The van der Waals surface area contributed by atoms with Gasteiger partial charge in [-0.05, 0) is 70.6 Å². The highest BCUT2D eigenvalue weighted by Crippen LogP contribution is 2.22. The maximum Gasteiger partial charge on any atom is 0.310 e. The predicted molar refractivity (Wildman–Crippen MR) is 210 cm³/mol. The van der Waals surface area contributed by atoms with E-state index in [1.165, 1.54) is 0 Å². The summed E-state index contributed by atoms with van der Waals surface area (Å²) in [5.41, 5.74) is 0. The predicted octanol–water partition coefficient (Wildman–Crippen LogP) is 7.68. The van der Waals surface area contributed by atoms with E-state index in [-0.39, 0.29) is 19.6 Å². The van der Waals surface area contributed by atoms with Gasteiger partial charge < -0.3 is 39.4 Å². The van der Waals surface area contributed by atoms with Crippen molar-refractivity contribution in [2.45, 2.75) is 141 Å². The summed E-state index contributed by atoms with van der Waals surface area (Å²) in [6.45, 7) is 4.11. The average Bonchev–Trinajstić information content (AvgIpc) is 3.14. The van der Waals surface area contributed by atoms with Crippen molar-refractivity contribution in [3.63, 3.8) is 0 Å². The van der Waals surface area contributed by atoms with E-state index < -0.39 is 49.4 Å². The van der Waals surface area contributed by atoms with Crippen molar-refractivity contribution in [1.29, 1.82) is 0 Å². The molecule has 0 aromatic rings. The Morgan fingerprint density at radius 2 is 1.12 bits per heavy atom. The van der Waals surface area contributed by atoms with Gasteiger partial charge in [0.25, 0.3) is 0 Å². The third kappa shape index (κ3) is 25.1. The van der Waals surface area contributed by atoms with E-state index in [9.17, 15) is 25.2 Å². The molecule has 0 spiro atoms. The minimum atomic E-state index is -1.56. The minimum Gasteiger partial charge on any atom is -0.457 e. The summed E-state index contributed by atoms with van der Waals surface area (Å²) in [7, 11) is 0. The molecule has 0 radical (unpaired) electrons. The molecular formula is C43H68O9. The van der Waals surface area contributed by atoms with Gasteiger partial charge in [0, 0.05) is 6.61 Å². The first-order chi connectivity index (χ1) is 25.4. The second-order valence-electron chi connectivity index (χ2n) is 12.6. The third-order valence-corrected chi connectivity index (χ3v) is 8.03. The van der Waals surface area contributed by atoms with Gasteiger partial charge in [0.1, 0.15) is 30.5 Å². The van der Waals surface area contributed by atoms with Gasteiger partial charge in [-0.15, -0.1) is 0 Å². The van der Waals surface area contributed by atoms with E-state index in [2.05, 4.69) is 92.8 Å². The molecule has 1 heterocycles. The number of allylic oxidation sites excluding steroid dienone is 15. The molecule has 9 heteroatoms. The lowest BCUT2D eigenvalue weighted by Gasteiger charge is -2.39. The highest BCUT2D eigenvalue weighted by atomic mass is 16.7. The van der Waals surface area contributed by atoms with Crippen LogP contribution in [-0.2, 0) is 23.7 Å². The summed E-state index contributed by atoms with van der Waals surface area (Å²) < 4.78 is 22.5. The summed E-state index contributed by atoms with van der Waals surface area (Å²) in [6.07, 6.45) is 38.9. The molecule has 0 amide bonds. The van der Waals surface area contributed by atoms with Crippen molar-refractivity contribution >= 4 is 5.97 Å². The Morgan fingerprint density at radius 1 is 0.615 bits per heavy atom. The zero-order valence-corrected chi connectivity index (χ0v) is 31.8. The van der Waals surface area contributed by atoms with Crippen LogP contribution in [0.2, 0.25) is 0 Å². The molecule has 1 aliphatic rings. The largest absolute Gasteiger partial charge is 0.457 e. The van der Waals surface area contributed by atoms with Crippen LogP contribution in [0.1, 0.15) is 104 Å². The number of carbonyl (C=O) groups is 1. The van der Waals surface area contributed by atoms with Gasteiger partial charge in [0.15, 0.2) is 6.29 Å². The second kappa shape index (κ2) is 33.9. The molecule has 1 saturated heterocycles. The lowest BCUT2D eigenvalue weighted by atomic mass is 9.99. The smallest absolute Gasteiger partial charge is 0.310 e. The topological polar surface area (TPSA) is 135 Å². The molecular weight excluding hydrogens is 660 g/mol. The number of unbranched alkanes of at least 4 members (excludes halogenated alkanes) is 4. The molecule has 6 atom stereocenters. The minimum absolute atomic E-state index is 0.0745. The average molecular weight is 729 g/mol. The molecule has 52 heavy (non-hydrogen) atoms. The van der Waals surface area contributed by atoms with Crippen LogP contribution < -0.4 is 0 Å². The number of hydrogen-bond acceptors (Lipinski definition) is 9. The maximum absolute atomic E-state index is 12.6. The SMILES string of the molecule is CC/C=C\C/C=C\C/C=C\C/C=C\C/C=C\CC(=O)OC(COCCCCCC/C=C\C/C=C\C/C=C\CC)COC1OC(CO)C(O)C(O)C1O. The number of esters is 1. The van der Waals surface area contributed by atoms with Crippen molar-refractivity contribution in [3.8, 4) is 0 Å². The molecule has 0 bridgehead atoms. The standard InChI is InChI=1S/C43H68O9/c1-3-5-7-9-11-13-15-17-19-20-22-24-26-28-30-32-39(45)51-37(36-50-43-42(48)41(47)40(46)38(34-44)52-43)35-49-33-31-29-27-25-23-21-18-16-14-12-10-8-6-4-2/h5-8,11-14,17-19,21-22,24,28,30,37-38,40-44,46-48H,3-4,9-10,15-16,20,23,25-27,29,31-36H2,1-2H3/b7-5-,8-6-,13-11-,14-12-,19-17-,21-18-,24-22-,30-28-. The summed E-state index contributed by atoms with van der Waals surface area (Å²) in [5, 5.41) is 39.9. The van der Waals surface area contributed by atoms with Crippen LogP contribution in [-0.4, -0.2) is 89.6 Å². The van der Waals surface area contributed by atoms with Gasteiger partial charge in [-0.1, -0.05) is 124 Å². The summed E-state index contributed by atoms with van der Waals surface area (Å²) in [6, 6.07) is 0. The molecule has 294 valence electrons. The maximum atomic E-state index is 12.6. The molecule has 6 unspecified atom stereocenters. The van der Waals surface area contributed by atoms with Gasteiger partial charge in [0.05, 0.1) is 26.2 Å². The fraction of sp³-hybridized carbons (Fsp3) is 0.605. The van der Waals surface area contributed by atoms with Crippen molar-refractivity contribution < 1.29 is 44.2 Å². The third-order valence-electron chi connectivity index (χ3n) is 8.03. The van der Waals surface area contributed by atoms with E-state index in [0.717, 1.165) is 77.0 Å². The Balaban J connectivity index is 2.43. The fourth-order valence-electron chi connectivity index (χ4n) is 5.05. The first kappa shape index (κ1) is 47.1. The normalized spacial score (nSPS) is 22.3. The Kier molecular flexibility index (Phi) is 30.7. The number of aliphatic hydroxyl groups is 4. The van der Waals surface area contributed by atoms with Gasteiger partial charge in [-0.3, -0.25) is 4.79 Å². The van der Waals surface area contributed by atoms with Crippen molar-refractivity contribution in [2.75, 3.05) is 26.4 Å². The lowest BCUT2D eigenvalue weighted by Crippen LogP contribution is -2.59. The zero-order valence-electron chi connectivity index (χ0n) is 31.8. The number of hydrogen-bond donors (Lipinski definition) is 4. The molecule has 9 nitrogen and oxygen atoms in total. The lowest BCUT2D eigenvalue weighted by molar-refractivity contribution is -0.305. The van der Waals surface area contributed by atoms with Gasteiger partial charge in [-0.2, -0.15) is 0 Å². The highest BCUT2D eigenvalue weighted by molar-refractivity contribution is 5.71. The van der Waals surface area contributed by atoms with Crippen molar-refractivity contribution in [3.05, 3.63) is 97.2 Å². The quantitative estimate of drug-likeness (QED) is 0.0334. The monoisotopic (exact) mass is 728 g/mol. The van der Waals surface area contributed by atoms with Gasteiger partial charge >= 0.3 is 5.97 Å². The summed E-state index contributed by atoms with van der Waals surface area (Å²) in [5.74, 6) is -0.454. The first-order valence-corrected chi connectivity index (χ1v) is 19.3. The van der Waals surface area contributed by atoms with Gasteiger partial charge in [0.2, 0.25) is 0 Å². The van der Waals surface area contributed by atoms with E-state index in [1.807, 2.05) is 12.2 Å². The second-order valence-corrected chi connectivity index (χ2v) is 12.6. The van der Waals surface area contributed by atoms with E-state index in [0.29, 0.717) is 13.0 Å². The number of ether oxygens (including phenoxy) is 4. The Labute approximate surface area is 313 Å². The fourth-order valence-corrected chi connectivity index (χ4v) is 5.05. The molecule has 0 aromatic carbocycles. The van der Waals surface area contributed by atoms with Crippen LogP contribution in [0.15, 0.2) is 97.2 Å². The molecule has 4 N–H and O–H groups in total. The van der Waals surface area contributed by atoms with E-state index in [4.69, 9.17) is 18.9 Å². The molecule has 0 saturated carbocycles. The van der Waals surface area contributed by atoms with Crippen LogP contribution in [0.5, 0.6) is 0 Å². The van der Waals surface area contributed by atoms with Crippen molar-refractivity contribution in [1.82, 2.24) is 0 Å². The number of rotatable bonds is 30. The number of carbonyl (C=O) groups excluding carboxylic acids is 1. The molecule has 1 rings (SSSR count). The highest BCUT2D eigenvalue weighted by Gasteiger charge is 2.44. The van der Waals surface area contributed by atoms with E-state index >= 15 is 0 Å². The van der Waals surface area contributed by atoms with Gasteiger partial charge in [-0.25, -0.2) is 0 Å². The van der Waals surface area contributed by atoms with Crippen LogP contribution in [0.4, 0.5) is 0 Å². The molecule has 1 fully saturated rings.